The van der Waals surface area contributed by atoms with Crippen molar-refractivity contribution in [2.45, 2.75) is 38.6 Å². The smallest absolute Gasteiger partial charge is 0.0242 e. The fraction of sp³-hybridized carbons (Fsp3) is 1.00. The lowest BCUT2D eigenvalue weighted by molar-refractivity contribution is 0.268. The van der Waals surface area contributed by atoms with Crippen LogP contribution in [-0.4, -0.2) is 17.6 Å². The summed E-state index contributed by atoms with van der Waals surface area (Å²) in [6.07, 6.45) is 5.13. The summed E-state index contributed by atoms with van der Waals surface area (Å²) in [5.74, 6) is 5.70. The molecule has 62 valence electrons. The van der Waals surface area contributed by atoms with E-state index in [-0.39, 0.29) is 12.4 Å². The highest BCUT2D eigenvalue weighted by Crippen LogP contribution is 2.23. The molecule has 0 atom stereocenters. The molecule has 0 spiro atoms. The number of hydrogen-bond acceptors (Lipinski definition) is 2. The molecular weight excluding hydrogens is 148 g/mol. The summed E-state index contributed by atoms with van der Waals surface area (Å²) < 4.78 is 0. The summed E-state index contributed by atoms with van der Waals surface area (Å²) in [5, 5.41) is 1.99. The molecule has 0 heterocycles. The van der Waals surface area contributed by atoms with E-state index in [0.29, 0.717) is 0 Å². The summed E-state index contributed by atoms with van der Waals surface area (Å²) in [4.78, 5) is 0. The minimum atomic E-state index is 0. The van der Waals surface area contributed by atoms with Crippen LogP contribution >= 0.6 is 12.4 Å². The number of hydrogen-bond donors (Lipinski definition) is 1. The normalized spacial score (nSPS) is 17.1. The second-order valence-electron chi connectivity index (χ2n) is 2.82. The van der Waals surface area contributed by atoms with Crippen molar-refractivity contribution >= 4 is 12.4 Å². The first-order valence-electron chi connectivity index (χ1n) is 3.86. The second kappa shape index (κ2) is 4.94. The lowest BCUT2D eigenvalue weighted by Crippen LogP contribution is -2.33. The zero-order chi connectivity index (χ0) is 6.69. The Balaban J connectivity index is 0.000000810. The molecule has 0 saturated heterocycles. The van der Waals surface area contributed by atoms with E-state index in [2.05, 4.69) is 6.92 Å². The Morgan fingerprint density at radius 2 is 2.10 bits per heavy atom. The standard InChI is InChI=1S/C7H16N2.ClH/c1-2-3-6-9(8)7-4-5-7;/h7H,2-6,8H2,1H3;1H. The second-order valence-corrected chi connectivity index (χ2v) is 2.82. The largest absolute Gasteiger partial charge is 0.269 e. The number of rotatable bonds is 4. The molecular formula is C7H17ClN2. The van der Waals surface area contributed by atoms with Crippen molar-refractivity contribution in [1.29, 1.82) is 0 Å². The third-order valence-electron chi connectivity index (χ3n) is 1.79. The highest BCUT2D eigenvalue weighted by molar-refractivity contribution is 5.85. The maximum absolute atomic E-state index is 5.70. The molecule has 1 fully saturated rings. The van der Waals surface area contributed by atoms with Crippen molar-refractivity contribution in [3.8, 4) is 0 Å². The molecule has 10 heavy (non-hydrogen) atoms. The Hall–Kier alpha value is 0.210. The van der Waals surface area contributed by atoms with Gasteiger partial charge in [0.1, 0.15) is 0 Å². The zero-order valence-corrected chi connectivity index (χ0v) is 7.36. The summed E-state index contributed by atoms with van der Waals surface area (Å²) in [6.45, 7) is 3.28. The number of unbranched alkanes of at least 4 members (excludes halogenated alkanes) is 1. The molecule has 1 aliphatic rings. The van der Waals surface area contributed by atoms with Crippen LogP contribution < -0.4 is 5.84 Å². The quantitative estimate of drug-likeness (QED) is 0.505. The van der Waals surface area contributed by atoms with Gasteiger partial charge in [-0.05, 0) is 19.3 Å². The highest BCUT2D eigenvalue weighted by atomic mass is 35.5. The highest BCUT2D eigenvalue weighted by Gasteiger charge is 2.25. The monoisotopic (exact) mass is 164 g/mol. The molecule has 1 aliphatic carbocycles. The van der Waals surface area contributed by atoms with E-state index in [9.17, 15) is 0 Å². The van der Waals surface area contributed by atoms with Gasteiger partial charge in [0.25, 0.3) is 0 Å². The molecule has 1 saturated carbocycles. The topological polar surface area (TPSA) is 29.3 Å². The molecule has 0 aromatic rings. The van der Waals surface area contributed by atoms with Gasteiger partial charge < -0.3 is 0 Å². The third-order valence-corrected chi connectivity index (χ3v) is 1.79. The molecule has 2 N–H and O–H groups in total. The van der Waals surface area contributed by atoms with Crippen LogP contribution in [0.5, 0.6) is 0 Å². The van der Waals surface area contributed by atoms with E-state index in [1.54, 1.807) is 0 Å². The van der Waals surface area contributed by atoms with Crippen molar-refractivity contribution in [3.63, 3.8) is 0 Å². The first-order chi connectivity index (χ1) is 4.34. The predicted molar refractivity (Wildman–Crippen MR) is 46.1 cm³/mol. The van der Waals surface area contributed by atoms with Crippen LogP contribution in [-0.2, 0) is 0 Å². The summed E-state index contributed by atoms with van der Waals surface area (Å²) in [5.41, 5.74) is 0. The van der Waals surface area contributed by atoms with Crippen LogP contribution in [0.15, 0.2) is 0 Å². The van der Waals surface area contributed by atoms with E-state index >= 15 is 0 Å². The van der Waals surface area contributed by atoms with Crippen molar-refractivity contribution in [3.05, 3.63) is 0 Å². The van der Waals surface area contributed by atoms with Crippen molar-refractivity contribution in [2.75, 3.05) is 6.54 Å². The first-order valence-corrected chi connectivity index (χ1v) is 3.86. The maximum atomic E-state index is 5.70. The van der Waals surface area contributed by atoms with Crippen molar-refractivity contribution < 1.29 is 0 Å². The molecule has 2 nitrogen and oxygen atoms in total. The number of hydrazine groups is 1. The fourth-order valence-electron chi connectivity index (χ4n) is 0.929. The average molecular weight is 165 g/mol. The zero-order valence-electron chi connectivity index (χ0n) is 6.55. The molecule has 0 radical (unpaired) electrons. The Morgan fingerprint density at radius 3 is 2.50 bits per heavy atom. The van der Waals surface area contributed by atoms with Crippen LogP contribution in [0, 0.1) is 0 Å². The number of nitrogens with two attached hydrogens (primary N) is 1. The van der Waals surface area contributed by atoms with E-state index in [4.69, 9.17) is 5.84 Å². The minimum absolute atomic E-state index is 0. The van der Waals surface area contributed by atoms with Crippen molar-refractivity contribution in [2.24, 2.45) is 5.84 Å². The van der Waals surface area contributed by atoms with Gasteiger partial charge in [0.2, 0.25) is 0 Å². The lowest BCUT2D eigenvalue weighted by atomic mass is 10.3. The lowest BCUT2D eigenvalue weighted by Gasteiger charge is -2.13. The first kappa shape index (κ1) is 10.2. The minimum Gasteiger partial charge on any atom is -0.269 e. The molecule has 0 aliphatic heterocycles. The molecule has 0 bridgehead atoms. The van der Waals surface area contributed by atoms with Gasteiger partial charge in [-0.2, -0.15) is 0 Å². The SMILES string of the molecule is CCCCN(N)C1CC1.Cl. The Bertz CT molecular complexity index is 83.7. The molecule has 0 unspecified atom stereocenters. The fourth-order valence-corrected chi connectivity index (χ4v) is 0.929. The molecule has 0 aromatic carbocycles. The Kier molecular flexibility index (Phi) is 5.04. The van der Waals surface area contributed by atoms with E-state index < -0.39 is 0 Å². The van der Waals surface area contributed by atoms with E-state index in [0.717, 1.165) is 12.6 Å². The average Bonchev–Trinajstić information content (AvgIpc) is 2.63. The number of nitrogens with zero attached hydrogens (tertiary/aromatic N) is 1. The third kappa shape index (κ3) is 3.40. The summed E-state index contributed by atoms with van der Waals surface area (Å²) in [7, 11) is 0. The van der Waals surface area contributed by atoms with Crippen LogP contribution in [0.25, 0.3) is 0 Å². The van der Waals surface area contributed by atoms with Crippen LogP contribution in [0.4, 0.5) is 0 Å². The van der Waals surface area contributed by atoms with Crippen LogP contribution in [0.3, 0.4) is 0 Å². The maximum Gasteiger partial charge on any atom is 0.0242 e. The van der Waals surface area contributed by atoms with Gasteiger partial charge in [-0.25, -0.2) is 5.01 Å². The van der Waals surface area contributed by atoms with Gasteiger partial charge >= 0.3 is 0 Å². The van der Waals surface area contributed by atoms with Crippen LogP contribution in [0.1, 0.15) is 32.6 Å². The van der Waals surface area contributed by atoms with Gasteiger partial charge in [-0.3, -0.25) is 5.84 Å². The van der Waals surface area contributed by atoms with Gasteiger partial charge in [-0.1, -0.05) is 13.3 Å². The summed E-state index contributed by atoms with van der Waals surface area (Å²) >= 11 is 0. The Morgan fingerprint density at radius 1 is 1.50 bits per heavy atom. The van der Waals surface area contributed by atoms with E-state index in [1.807, 2.05) is 5.01 Å². The molecule has 0 amide bonds. The Labute approximate surface area is 69.1 Å². The van der Waals surface area contributed by atoms with Gasteiger partial charge in [-0.15, -0.1) is 12.4 Å². The van der Waals surface area contributed by atoms with Gasteiger partial charge in [0.05, 0.1) is 0 Å². The van der Waals surface area contributed by atoms with Gasteiger partial charge in [0, 0.05) is 12.6 Å². The van der Waals surface area contributed by atoms with E-state index in [1.165, 1.54) is 25.7 Å². The van der Waals surface area contributed by atoms with Crippen molar-refractivity contribution in [1.82, 2.24) is 5.01 Å². The summed E-state index contributed by atoms with van der Waals surface area (Å²) in [6, 6.07) is 0.733. The molecule has 3 heteroatoms. The van der Waals surface area contributed by atoms with Gasteiger partial charge in [0.15, 0.2) is 0 Å². The molecule has 1 rings (SSSR count). The van der Waals surface area contributed by atoms with Crippen LogP contribution in [0.2, 0.25) is 0 Å². The molecule has 0 aromatic heterocycles. The predicted octanol–water partition coefficient (Wildman–Crippen LogP) is 1.55. The number of halogens is 1.